The molecule has 7 heteroatoms. The minimum Gasteiger partial charge on any atom is -0.321 e. The minimum absolute atomic E-state index is 0.286. The van der Waals surface area contributed by atoms with Crippen LogP contribution >= 0.6 is 23.2 Å². The van der Waals surface area contributed by atoms with Gasteiger partial charge in [0.25, 0.3) is 5.56 Å². The average Bonchev–Trinajstić information content (AvgIpc) is 3.43. The lowest BCUT2D eigenvalue weighted by atomic mass is 10.1. The number of hydrogen-bond acceptors (Lipinski definition) is 4. The van der Waals surface area contributed by atoms with Crippen molar-refractivity contribution in [2.24, 2.45) is 11.7 Å². The number of halogens is 2. The van der Waals surface area contributed by atoms with E-state index in [0.717, 1.165) is 12.8 Å². The minimum atomic E-state index is -0.336. The fourth-order valence-electron chi connectivity index (χ4n) is 2.86. The number of rotatable bonds is 3. The Labute approximate surface area is 148 Å². The Bertz CT molecular complexity index is 983. The SMILES string of the molecule is NC(c1nc2c(Cl)ccc(Cl)c2c(=O)n1-c1cccnc1)C1CC1. The molecule has 2 heterocycles. The molecule has 0 aliphatic heterocycles. The van der Waals surface area contributed by atoms with Gasteiger partial charge in [0.15, 0.2) is 0 Å². The highest BCUT2D eigenvalue weighted by Crippen LogP contribution is 2.39. The van der Waals surface area contributed by atoms with Gasteiger partial charge in [0, 0.05) is 6.20 Å². The third-order valence-electron chi connectivity index (χ3n) is 4.28. The maximum absolute atomic E-state index is 13.2. The van der Waals surface area contributed by atoms with Crippen molar-refractivity contribution in [2.75, 3.05) is 0 Å². The van der Waals surface area contributed by atoms with Gasteiger partial charge < -0.3 is 5.73 Å². The van der Waals surface area contributed by atoms with Crippen molar-refractivity contribution in [1.29, 1.82) is 0 Å². The molecule has 5 nitrogen and oxygen atoms in total. The first-order valence-corrected chi connectivity index (χ1v) is 8.40. The van der Waals surface area contributed by atoms with Gasteiger partial charge in [0.05, 0.1) is 38.9 Å². The highest BCUT2D eigenvalue weighted by atomic mass is 35.5. The van der Waals surface area contributed by atoms with E-state index in [1.165, 1.54) is 4.57 Å². The van der Waals surface area contributed by atoms with Gasteiger partial charge in [-0.3, -0.25) is 14.3 Å². The standard InChI is InChI=1S/C17H14Cl2N4O/c18-11-5-6-12(19)15-13(11)17(24)23(10-2-1-7-21-8-10)16(22-15)14(20)9-3-4-9/h1-2,5-9,14H,3-4,20H2. The van der Waals surface area contributed by atoms with Crippen molar-refractivity contribution < 1.29 is 0 Å². The number of pyridine rings is 1. The van der Waals surface area contributed by atoms with Crippen LogP contribution in [0.5, 0.6) is 0 Å². The Balaban J connectivity index is 2.11. The van der Waals surface area contributed by atoms with Crippen molar-refractivity contribution in [1.82, 2.24) is 14.5 Å². The third kappa shape index (κ3) is 2.49. The lowest BCUT2D eigenvalue weighted by molar-refractivity contribution is 0.574. The quantitative estimate of drug-likeness (QED) is 0.775. The zero-order valence-corrected chi connectivity index (χ0v) is 14.1. The van der Waals surface area contributed by atoms with Gasteiger partial charge in [-0.05, 0) is 43.0 Å². The van der Waals surface area contributed by atoms with Crippen LogP contribution in [0.3, 0.4) is 0 Å². The van der Waals surface area contributed by atoms with E-state index in [1.54, 1.807) is 36.7 Å². The van der Waals surface area contributed by atoms with Crippen LogP contribution in [-0.4, -0.2) is 14.5 Å². The first-order chi connectivity index (χ1) is 11.6. The highest BCUT2D eigenvalue weighted by Gasteiger charge is 2.33. The van der Waals surface area contributed by atoms with Crippen molar-refractivity contribution in [2.45, 2.75) is 18.9 Å². The fourth-order valence-corrected chi connectivity index (χ4v) is 3.29. The molecule has 1 fully saturated rings. The molecule has 3 aromatic rings. The van der Waals surface area contributed by atoms with Crippen LogP contribution in [0.25, 0.3) is 16.6 Å². The zero-order valence-electron chi connectivity index (χ0n) is 12.6. The number of hydrogen-bond donors (Lipinski definition) is 1. The van der Waals surface area contributed by atoms with Crippen LogP contribution < -0.4 is 11.3 Å². The molecule has 24 heavy (non-hydrogen) atoms. The first kappa shape index (κ1) is 15.6. The summed E-state index contributed by atoms with van der Waals surface area (Å²) in [5.41, 5.74) is 7.08. The lowest BCUT2D eigenvalue weighted by Crippen LogP contribution is -2.29. The molecular formula is C17H14Cl2N4O. The van der Waals surface area contributed by atoms with E-state index in [9.17, 15) is 4.79 Å². The summed E-state index contributed by atoms with van der Waals surface area (Å²) >= 11 is 12.5. The summed E-state index contributed by atoms with van der Waals surface area (Å²) in [6.45, 7) is 0. The fraction of sp³-hybridized carbons (Fsp3) is 0.235. The molecule has 0 radical (unpaired) electrons. The average molecular weight is 361 g/mol. The molecule has 0 saturated heterocycles. The molecule has 0 bridgehead atoms. The van der Waals surface area contributed by atoms with Crippen LogP contribution in [-0.2, 0) is 0 Å². The van der Waals surface area contributed by atoms with Crippen molar-refractivity contribution >= 4 is 34.1 Å². The number of aromatic nitrogens is 3. The van der Waals surface area contributed by atoms with Gasteiger partial charge >= 0.3 is 0 Å². The molecule has 1 aliphatic rings. The van der Waals surface area contributed by atoms with E-state index in [0.29, 0.717) is 38.4 Å². The third-order valence-corrected chi connectivity index (χ3v) is 4.90. The van der Waals surface area contributed by atoms with E-state index in [4.69, 9.17) is 28.9 Å². The molecular weight excluding hydrogens is 347 g/mol. The predicted molar refractivity (Wildman–Crippen MR) is 94.8 cm³/mol. The zero-order chi connectivity index (χ0) is 16.8. The van der Waals surface area contributed by atoms with E-state index < -0.39 is 0 Å². The van der Waals surface area contributed by atoms with Gasteiger partial charge in [-0.1, -0.05) is 23.2 Å². The van der Waals surface area contributed by atoms with Crippen LogP contribution in [0.2, 0.25) is 10.0 Å². The van der Waals surface area contributed by atoms with Crippen molar-refractivity contribution in [3.05, 3.63) is 62.9 Å². The van der Waals surface area contributed by atoms with Gasteiger partial charge in [-0.15, -0.1) is 0 Å². The normalized spacial score (nSPS) is 15.6. The molecule has 1 aliphatic carbocycles. The number of benzene rings is 1. The molecule has 2 aromatic heterocycles. The van der Waals surface area contributed by atoms with Gasteiger partial charge in [0.2, 0.25) is 0 Å². The van der Waals surface area contributed by atoms with Crippen molar-refractivity contribution in [3.8, 4) is 5.69 Å². The maximum Gasteiger partial charge on any atom is 0.267 e. The topological polar surface area (TPSA) is 73.8 Å². The van der Waals surface area contributed by atoms with Crippen LogP contribution in [0, 0.1) is 5.92 Å². The molecule has 1 unspecified atom stereocenters. The molecule has 2 N–H and O–H groups in total. The molecule has 0 spiro atoms. The summed E-state index contributed by atoms with van der Waals surface area (Å²) < 4.78 is 1.50. The summed E-state index contributed by atoms with van der Waals surface area (Å²) in [7, 11) is 0. The second-order valence-electron chi connectivity index (χ2n) is 5.94. The Hall–Kier alpha value is -1.95. The van der Waals surface area contributed by atoms with Crippen LogP contribution in [0.15, 0.2) is 41.5 Å². The number of nitrogens with two attached hydrogens (primary N) is 1. The van der Waals surface area contributed by atoms with Gasteiger partial charge in [-0.2, -0.15) is 0 Å². The van der Waals surface area contributed by atoms with Gasteiger partial charge in [0.1, 0.15) is 5.82 Å². The Morgan fingerprint density at radius 1 is 1.21 bits per heavy atom. The molecule has 122 valence electrons. The molecule has 4 rings (SSSR count). The first-order valence-electron chi connectivity index (χ1n) is 7.64. The summed E-state index contributed by atoms with van der Waals surface area (Å²) in [5.74, 6) is 0.822. The number of fused-ring (bicyclic) bond motifs is 1. The summed E-state index contributed by atoms with van der Waals surface area (Å²) in [4.78, 5) is 21.9. The number of nitrogens with zero attached hydrogens (tertiary/aromatic N) is 3. The van der Waals surface area contributed by atoms with Crippen LogP contribution in [0.1, 0.15) is 24.7 Å². The maximum atomic E-state index is 13.2. The Morgan fingerprint density at radius 2 is 1.96 bits per heavy atom. The summed E-state index contributed by atoms with van der Waals surface area (Å²) in [6.07, 6.45) is 5.32. The summed E-state index contributed by atoms with van der Waals surface area (Å²) in [6, 6.07) is 6.46. The molecule has 0 amide bonds. The summed E-state index contributed by atoms with van der Waals surface area (Å²) in [5, 5.41) is 0.991. The van der Waals surface area contributed by atoms with E-state index in [-0.39, 0.29) is 11.6 Å². The largest absolute Gasteiger partial charge is 0.321 e. The predicted octanol–water partition coefficient (Wildman–Crippen LogP) is 3.50. The smallest absolute Gasteiger partial charge is 0.267 e. The molecule has 1 aromatic carbocycles. The second-order valence-corrected chi connectivity index (χ2v) is 6.75. The lowest BCUT2D eigenvalue weighted by Gasteiger charge is -2.18. The molecule has 1 saturated carbocycles. The van der Waals surface area contributed by atoms with E-state index in [1.807, 2.05) is 0 Å². The monoisotopic (exact) mass is 360 g/mol. The Morgan fingerprint density at radius 3 is 2.62 bits per heavy atom. The van der Waals surface area contributed by atoms with Crippen molar-refractivity contribution in [3.63, 3.8) is 0 Å². The van der Waals surface area contributed by atoms with Gasteiger partial charge in [-0.25, -0.2) is 4.98 Å². The van der Waals surface area contributed by atoms with E-state index in [2.05, 4.69) is 9.97 Å². The highest BCUT2D eigenvalue weighted by molar-refractivity contribution is 6.39. The van der Waals surface area contributed by atoms with E-state index >= 15 is 0 Å². The molecule has 1 atom stereocenters. The van der Waals surface area contributed by atoms with Crippen LogP contribution in [0.4, 0.5) is 0 Å². The second kappa shape index (κ2) is 5.84. The Kier molecular flexibility index (Phi) is 3.79.